The van der Waals surface area contributed by atoms with Gasteiger partial charge in [-0.1, -0.05) is 55.1 Å². The van der Waals surface area contributed by atoms with Crippen LogP contribution in [0.15, 0.2) is 78.0 Å². The molecule has 2 rings (SSSR count). The van der Waals surface area contributed by atoms with E-state index in [0.29, 0.717) is 0 Å². The molecular weight excluding hydrogens is 196 g/mol. The Morgan fingerprint density at radius 3 is 2.50 bits per heavy atom. The van der Waals surface area contributed by atoms with Gasteiger partial charge in [0.2, 0.25) is 0 Å². The van der Waals surface area contributed by atoms with E-state index in [1.54, 1.807) is 12.3 Å². The van der Waals surface area contributed by atoms with Crippen molar-refractivity contribution in [2.24, 2.45) is 0 Å². The third-order valence-electron chi connectivity index (χ3n) is 2.45. The van der Waals surface area contributed by atoms with Crippen LogP contribution < -0.4 is 0 Å². The van der Waals surface area contributed by atoms with Crippen LogP contribution in [0.1, 0.15) is 17.2 Å². The molecule has 0 spiro atoms. The van der Waals surface area contributed by atoms with Crippen LogP contribution in [0.5, 0.6) is 0 Å². The molecule has 2 aromatic rings. The minimum absolute atomic E-state index is 0.161. The third kappa shape index (κ3) is 2.31. The van der Waals surface area contributed by atoms with Gasteiger partial charge in [-0.3, -0.25) is 0 Å². The predicted octanol–water partition coefficient (Wildman–Crippen LogP) is 4.15. The normalized spacial score (nSPS) is 12.8. The second-order valence-electron chi connectivity index (χ2n) is 3.52. The van der Waals surface area contributed by atoms with E-state index in [9.17, 15) is 0 Å². The summed E-state index contributed by atoms with van der Waals surface area (Å²) in [5, 5.41) is 0. The lowest BCUT2D eigenvalue weighted by atomic mass is 9.96. The maximum Gasteiger partial charge on any atom is 0.115 e. The molecule has 0 bridgehead atoms. The second kappa shape index (κ2) is 5.17. The van der Waals surface area contributed by atoms with Gasteiger partial charge >= 0.3 is 0 Å². The third-order valence-corrected chi connectivity index (χ3v) is 2.45. The van der Waals surface area contributed by atoms with Gasteiger partial charge in [0.05, 0.1) is 12.2 Å². The van der Waals surface area contributed by atoms with E-state index in [0.717, 1.165) is 5.76 Å². The Hall–Kier alpha value is -2.02. The molecule has 1 heteroatoms. The van der Waals surface area contributed by atoms with Crippen molar-refractivity contribution in [3.8, 4) is 0 Å². The fourth-order valence-electron chi connectivity index (χ4n) is 1.69. The number of furan rings is 1. The van der Waals surface area contributed by atoms with Crippen LogP contribution in [0, 0.1) is 0 Å². The average Bonchev–Trinajstić information content (AvgIpc) is 2.85. The highest BCUT2D eigenvalue weighted by Crippen LogP contribution is 2.26. The van der Waals surface area contributed by atoms with Gasteiger partial charge in [0, 0.05) is 0 Å². The minimum atomic E-state index is 0.161. The van der Waals surface area contributed by atoms with Gasteiger partial charge in [0.15, 0.2) is 0 Å². The molecule has 1 aromatic carbocycles. The first-order valence-electron chi connectivity index (χ1n) is 5.29. The van der Waals surface area contributed by atoms with Crippen molar-refractivity contribution in [3.05, 3.63) is 84.9 Å². The molecule has 16 heavy (non-hydrogen) atoms. The van der Waals surface area contributed by atoms with Gasteiger partial charge in [-0.15, -0.1) is 0 Å². The first-order valence-corrected chi connectivity index (χ1v) is 5.29. The molecule has 0 aliphatic heterocycles. The first kappa shape index (κ1) is 10.5. The molecule has 0 radical (unpaired) electrons. The molecule has 0 saturated carbocycles. The fourth-order valence-corrected chi connectivity index (χ4v) is 1.69. The van der Waals surface area contributed by atoms with Crippen molar-refractivity contribution < 1.29 is 4.42 Å². The van der Waals surface area contributed by atoms with Crippen molar-refractivity contribution in [1.29, 1.82) is 0 Å². The predicted molar refractivity (Wildman–Crippen MR) is 66.3 cm³/mol. The largest absolute Gasteiger partial charge is 0.468 e. The summed E-state index contributed by atoms with van der Waals surface area (Å²) < 4.78 is 5.46. The van der Waals surface area contributed by atoms with Crippen LogP contribution in [-0.2, 0) is 0 Å². The van der Waals surface area contributed by atoms with E-state index in [-0.39, 0.29) is 5.92 Å². The Kier molecular flexibility index (Phi) is 3.39. The average molecular weight is 210 g/mol. The number of hydrogen-bond acceptors (Lipinski definition) is 1. The fraction of sp³-hybridized carbons (Fsp3) is 0.0667. The van der Waals surface area contributed by atoms with Crippen LogP contribution in [0.4, 0.5) is 0 Å². The molecule has 1 nitrogen and oxygen atoms in total. The van der Waals surface area contributed by atoms with Crippen molar-refractivity contribution in [3.63, 3.8) is 0 Å². The number of benzene rings is 1. The summed E-state index contributed by atoms with van der Waals surface area (Å²) in [6.07, 6.45) is 7.51. The highest BCUT2D eigenvalue weighted by Gasteiger charge is 2.12. The van der Waals surface area contributed by atoms with Gasteiger partial charge in [-0.2, -0.15) is 0 Å². The Labute approximate surface area is 95.7 Å². The molecule has 0 unspecified atom stereocenters. The van der Waals surface area contributed by atoms with Crippen LogP contribution in [0.3, 0.4) is 0 Å². The van der Waals surface area contributed by atoms with E-state index in [2.05, 4.69) is 24.8 Å². The monoisotopic (exact) mass is 210 g/mol. The molecule has 0 fully saturated rings. The van der Waals surface area contributed by atoms with Crippen molar-refractivity contribution >= 4 is 0 Å². The maximum atomic E-state index is 5.46. The highest BCUT2D eigenvalue weighted by molar-refractivity contribution is 5.32. The lowest BCUT2D eigenvalue weighted by Crippen LogP contribution is -1.95. The van der Waals surface area contributed by atoms with Crippen LogP contribution >= 0.6 is 0 Å². The standard InChI is InChI=1S/C15H14O/c1-2-3-10-14(15-11-7-12-16-15)13-8-5-4-6-9-13/h2-12,14H,1H2/b10-3+/t14-/m0/s1. The van der Waals surface area contributed by atoms with Crippen LogP contribution in [0.2, 0.25) is 0 Å². The van der Waals surface area contributed by atoms with E-state index in [4.69, 9.17) is 4.42 Å². The summed E-state index contributed by atoms with van der Waals surface area (Å²) in [4.78, 5) is 0. The molecule has 0 aliphatic carbocycles. The number of allylic oxidation sites excluding steroid dienone is 3. The topological polar surface area (TPSA) is 13.1 Å². The second-order valence-corrected chi connectivity index (χ2v) is 3.52. The van der Waals surface area contributed by atoms with Gasteiger partial charge < -0.3 is 4.42 Å². The Bertz CT molecular complexity index is 451. The number of rotatable bonds is 4. The molecule has 0 saturated heterocycles. The quantitative estimate of drug-likeness (QED) is 0.691. The summed E-state index contributed by atoms with van der Waals surface area (Å²) in [5.74, 6) is 1.11. The van der Waals surface area contributed by atoms with Crippen molar-refractivity contribution in [2.75, 3.05) is 0 Å². The number of hydrogen-bond donors (Lipinski definition) is 0. The molecule has 80 valence electrons. The molecule has 0 N–H and O–H groups in total. The van der Waals surface area contributed by atoms with E-state index in [1.165, 1.54) is 5.56 Å². The summed E-state index contributed by atoms with van der Waals surface area (Å²) in [6, 6.07) is 14.2. The summed E-state index contributed by atoms with van der Waals surface area (Å²) in [6.45, 7) is 3.69. The smallest absolute Gasteiger partial charge is 0.115 e. The van der Waals surface area contributed by atoms with Crippen LogP contribution in [0.25, 0.3) is 0 Å². The zero-order chi connectivity index (χ0) is 11.2. The van der Waals surface area contributed by atoms with Crippen molar-refractivity contribution in [1.82, 2.24) is 0 Å². The highest BCUT2D eigenvalue weighted by atomic mass is 16.3. The van der Waals surface area contributed by atoms with Gasteiger partial charge in [0.25, 0.3) is 0 Å². The lowest BCUT2D eigenvalue weighted by Gasteiger charge is -2.09. The van der Waals surface area contributed by atoms with Gasteiger partial charge in [0.1, 0.15) is 5.76 Å². The Morgan fingerprint density at radius 1 is 1.06 bits per heavy atom. The van der Waals surface area contributed by atoms with Gasteiger partial charge in [-0.05, 0) is 17.7 Å². The van der Waals surface area contributed by atoms with E-state index in [1.807, 2.05) is 36.4 Å². The first-order chi connectivity index (χ1) is 7.92. The summed E-state index contributed by atoms with van der Waals surface area (Å²) in [7, 11) is 0. The molecule has 1 atom stereocenters. The lowest BCUT2D eigenvalue weighted by molar-refractivity contribution is 0.506. The summed E-state index contributed by atoms with van der Waals surface area (Å²) >= 11 is 0. The molecule has 0 aliphatic rings. The SMILES string of the molecule is C=C/C=C/[C@@H](c1ccccc1)c1ccco1. The zero-order valence-electron chi connectivity index (χ0n) is 9.04. The van der Waals surface area contributed by atoms with Gasteiger partial charge in [-0.25, -0.2) is 0 Å². The Morgan fingerprint density at radius 2 is 1.88 bits per heavy atom. The van der Waals surface area contributed by atoms with Crippen molar-refractivity contribution in [2.45, 2.75) is 5.92 Å². The van der Waals surface area contributed by atoms with Crippen LogP contribution in [-0.4, -0.2) is 0 Å². The molecule has 1 aromatic heterocycles. The molecular formula is C15H14O. The summed E-state index contributed by atoms with van der Waals surface area (Å²) in [5.41, 5.74) is 1.22. The minimum Gasteiger partial charge on any atom is -0.468 e. The maximum absolute atomic E-state index is 5.46. The van der Waals surface area contributed by atoms with E-state index < -0.39 is 0 Å². The van der Waals surface area contributed by atoms with E-state index >= 15 is 0 Å². The zero-order valence-corrected chi connectivity index (χ0v) is 9.04. The molecule has 0 amide bonds. The molecule has 1 heterocycles. The Balaban J connectivity index is 2.36.